The third-order valence-electron chi connectivity index (χ3n) is 3.57. The molecule has 0 saturated carbocycles. The number of hydrogen-bond donors (Lipinski definition) is 0. The second-order valence-corrected chi connectivity index (χ2v) is 5.40. The quantitative estimate of drug-likeness (QED) is 0.634. The van der Waals surface area contributed by atoms with E-state index in [1.165, 1.54) is 0 Å². The minimum absolute atomic E-state index is 0.216. The average molecular weight is 335 g/mol. The van der Waals surface area contributed by atoms with Gasteiger partial charge in [0.1, 0.15) is 5.52 Å². The van der Waals surface area contributed by atoms with E-state index in [4.69, 9.17) is 20.8 Å². The van der Waals surface area contributed by atoms with E-state index >= 15 is 0 Å². The fraction of sp³-hybridized carbons (Fsp3) is 0.438. The third-order valence-corrected chi connectivity index (χ3v) is 3.74. The molecule has 3 aromatic rings. The van der Waals surface area contributed by atoms with Gasteiger partial charge in [0.15, 0.2) is 11.4 Å². The lowest BCUT2D eigenvalue weighted by Crippen LogP contribution is -2.36. The van der Waals surface area contributed by atoms with Gasteiger partial charge in [-0.25, -0.2) is 9.97 Å². The number of pyridine rings is 1. The average Bonchev–Trinajstić information content (AvgIpc) is 2.94. The Hall–Kier alpha value is -1.92. The molecular weight excluding hydrogens is 316 g/mol. The number of furan rings is 1. The van der Waals surface area contributed by atoms with Crippen LogP contribution in [0, 0.1) is 6.92 Å². The number of nitrogens with zero attached hydrogens (tertiary/aromatic N) is 4. The Morgan fingerprint density at radius 2 is 1.91 bits per heavy atom. The van der Waals surface area contributed by atoms with E-state index in [0.717, 1.165) is 24.0 Å². The Balaban J connectivity index is 0.000000753. The monoisotopic (exact) mass is 334 g/mol. The molecule has 1 aliphatic rings. The molecule has 0 spiro atoms. The summed E-state index contributed by atoms with van der Waals surface area (Å²) in [5.74, 6) is 0.712. The lowest BCUT2D eigenvalue weighted by molar-refractivity contribution is 0.122. The van der Waals surface area contributed by atoms with Crippen LogP contribution >= 0.6 is 11.6 Å². The van der Waals surface area contributed by atoms with Crippen LogP contribution < -0.4 is 4.90 Å². The number of morpholine rings is 1. The first kappa shape index (κ1) is 16.0. The van der Waals surface area contributed by atoms with Gasteiger partial charge in [-0.05, 0) is 30.2 Å². The van der Waals surface area contributed by atoms with Gasteiger partial charge in [-0.3, -0.25) is 0 Å². The van der Waals surface area contributed by atoms with Crippen LogP contribution in [0.1, 0.15) is 19.4 Å². The Kier molecular flexibility index (Phi) is 4.63. The van der Waals surface area contributed by atoms with Crippen molar-refractivity contribution >= 4 is 39.6 Å². The summed E-state index contributed by atoms with van der Waals surface area (Å²) in [5, 5.41) is 1.08. The first-order valence-electron chi connectivity index (χ1n) is 7.77. The van der Waals surface area contributed by atoms with Crippen molar-refractivity contribution in [3.63, 3.8) is 0 Å². The summed E-state index contributed by atoms with van der Waals surface area (Å²) < 4.78 is 11.2. The van der Waals surface area contributed by atoms with E-state index in [-0.39, 0.29) is 5.28 Å². The molecule has 122 valence electrons. The summed E-state index contributed by atoms with van der Waals surface area (Å²) in [4.78, 5) is 15.1. The predicted octanol–water partition coefficient (Wildman–Crippen LogP) is 3.60. The Morgan fingerprint density at radius 3 is 2.65 bits per heavy atom. The van der Waals surface area contributed by atoms with Gasteiger partial charge in [0.05, 0.1) is 18.6 Å². The van der Waals surface area contributed by atoms with Crippen LogP contribution in [0.15, 0.2) is 16.7 Å². The zero-order valence-corrected chi connectivity index (χ0v) is 14.2. The molecule has 3 aromatic heterocycles. The summed E-state index contributed by atoms with van der Waals surface area (Å²) in [6.07, 6.45) is 1.77. The molecule has 0 aromatic carbocycles. The SMILES string of the molecule is CC.Cc1cnc2oc3c(N4CCOCC4)nc(Cl)nc3c2c1. The Bertz CT molecular complexity index is 828. The summed E-state index contributed by atoms with van der Waals surface area (Å²) in [6.45, 7) is 8.83. The highest BCUT2D eigenvalue weighted by atomic mass is 35.5. The highest BCUT2D eigenvalue weighted by Gasteiger charge is 2.22. The second kappa shape index (κ2) is 6.68. The predicted molar refractivity (Wildman–Crippen MR) is 91.2 cm³/mol. The van der Waals surface area contributed by atoms with E-state index in [1.54, 1.807) is 6.20 Å². The molecule has 0 bridgehead atoms. The maximum atomic E-state index is 6.10. The molecule has 0 radical (unpaired) electrons. The number of fused-ring (bicyclic) bond motifs is 3. The largest absolute Gasteiger partial charge is 0.432 e. The molecule has 0 aliphatic carbocycles. The number of halogens is 1. The highest BCUT2D eigenvalue weighted by Crippen LogP contribution is 2.33. The van der Waals surface area contributed by atoms with Crippen molar-refractivity contribution in [2.75, 3.05) is 31.2 Å². The lowest BCUT2D eigenvalue weighted by atomic mass is 10.2. The van der Waals surface area contributed by atoms with Crippen molar-refractivity contribution in [1.82, 2.24) is 15.0 Å². The van der Waals surface area contributed by atoms with E-state index in [9.17, 15) is 0 Å². The molecule has 23 heavy (non-hydrogen) atoms. The molecule has 4 rings (SSSR count). The minimum atomic E-state index is 0.216. The van der Waals surface area contributed by atoms with E-state index in [0.29, 0.717) is 35.8 Å². The van der Waals surface area contributed by atoms with Crippen molar-refractivity contribution < 1.29 is 9.15 Å². The van der Waals surface area contributed by atoms with Crippen LogP contribution in [0.4, 0.5) is 5.82 Å². The van der Waals surface area contributed by atoms with Crippen molar-refractivity contribution in [3.05, 3.63) is 23.1 Å². The van der Waals surface area contributed by atoms with Gasteiger partial charge in [-0.2, -0.15) is 4.98 Å². The zero-order chi connectivity index (χ0) is 16.4. The van der Waals surface area contributed by atoms with Gasteiger partial charge in [0.2, 0.25) is 11.0 Å². The first-order valence-corrected chi connectivity index (χ1v) is 8.15. The van der Waals surface area contributed by atoms with E-state index in [2.05, 4.69) is 19.9 Å². The molecule has 0 amide bonds. The number of hydrogen-bond acceptors (Lipinski definition) is 6. The molecule has 6 nitrogen and oxygen atoms in total. The van der Waals surface area contributed by atoms with Crippen LogP contribution in [-0.4, -0.2) is 41.3 Å². The van der Waals surface area contributed by atoms with Gasteiger partial charge in [0, 0.05) is 19.3 Å². The summed E-state index contributed by atoms with van der Waals surface area (Å²) in [6, 6.07) is 2.00. The third kappa shape index (κ3) is 2.96. The van der Waals surface area contributed by atoms with Crippen LogP contribution in [0.25, 0.3) is 22.2 Å². The Morgan fingerprint density at radius 1 is 1.17 bits per heavy atom. The molecular formula is C16H19ClN4O2. The molecule has 0 unspecified atom stereocenters. The molecule has 1 saturated heterocycles. The van der Waals surface area contributed by atoms with Gasteiger partial charge < -0.3 is 14.1 Å². The number of rotatable bonds is 1. The smallest absolute Gasteiger partial charge is 0.229 e. The number of aryl methyl sites for hydroxylation is 1. The van der Waals surface area contributed by atoms with Crippen molar-refractivity contribution in [2.45, 2.75) is 20.8 Å². The number of aromatic nitrogens is 3. The highest BCUT2D eigenvalue weighted by molar-refractivity contribution is 6.29. The fourth-order valence-electron chi connectivity index (χ4n) is 2.58. The topological polar surface area (TPSA) is 64.3 Å². The summed E-state index contributed by atoms with van der Waals surface area (Å²) in [5.41, 5.74) is 2.95. The second-order valence-electron chi connectivity index (χ2n) is 5.06. The molecule has 7 heteroatoms. The van der Waals surface area contributed by atoms with Gasteiger partial charge >= 0.3 is 0 Å². The standard InChI is InChI=1S/C14H13ClN4O2.C2H6/c1-8-6-9-10-11(21-13(9)16-7-8)12(18-14(15)17-10)19-2-4-20-5-3-19;1-2/h6-7H,2-5H2,1H3;1-2H3. The fourth-order valence-corrected chi connectivity index (χ4v) is 2.75. The molecule has 4 heterocycles. The summed E-state index contributed by atoms with van der Waals surface area (Å²) >= 11 is 6.10. The molecule has 1 aliphatic heterocycles. The normalized spacial score (nSPS) is 14.9. The zero-order valence-electron chi connectivity index (χ0n) is 13.5. The van der Waals surface area contributed by atoms with Crippen molar-refractivity contribution in [2.24, 2.45) is 0 Å². The number of ether oxygens (including phenoxy) is 1. The van der Waals surface area contributed by atoms with Gasteiger partial charge in [0.25, 0.3) is 0 Å². The summed E-state index contributed by atoms with van der Waals surface area (Å²) in [7, 11) is 0. The van der Waals surface area contributed by atoms with Crippen molar-refractivity contribution in [1.29, 1.82) is 0 Å². The molecule has 0 atom stereocenters. The lowest BCUT2D eigenvalue weighted by Gasteiger charge is -2.27. The first-order chi connectivity index (χ1) is 11.2. The van der Waals surface area contributed by atoms with Crippen molar-refractivity contribution in [3.8, 4) is 0 Å². The maximum absolute atomic E-state index is 6.10. The van der Waals surface area contributed by atoms with E-state index in [1.807, 2.05) is 26.8 Å². The molecule has 0 N–H and O–H groups in total. The van der Waals surface area contributed by atoms with Crippen LogP contribution in [0.3, 0.4) is 0 Å². The maximum Gasteiger partial charge on any atom is 0.229 e. The molecule has 1 fully saturated rings. The minimum Gasteiger partial charge on any atom is -0.432 e. The van der Waals surface area contributed by atoms with Crippen LogP contribution in [-0.2, 0) is 4.74 Å². The van der Waals surface area contributed by atoms with Crippen LogP contribution in [0.5, 0.6) is 0 Å². The van der Waals surface area contributed by atoms with Crippen LogP contribution in [0.2, 0.25) is 5.28 Å². The van der Waals surface area contributed by atoms with E-state index < -0.39 is 0 Å². The number of anilines is 1. The Labute approximate surface area is 139 Å². The van der Waals surface area contributed by atoms with Gasteiger partial charge in [-0.15, -0.1) is 0 Å². The van der Waals surface area contributed by atoms with Gasteiger partial charge in [-0.1, -0.05) is 13.8 Å².